The summed E-state index contributed by atoms with van der Waals surface area (Å²) < 4.78 is 0. The van der Waals surface area contributed by atoms with Gasteiger partial charge in [-0.05, 0) is 38.6 Å². The second kappa shape index (κ2) is 4.79. The minimum Gasteiger partial charge on any atom is -0.297 e. The highest BCUT2D eigenvalue weighted by Crippen LogP contribution is 2.41. The van der Waals surface area contributed by atoms with Crippen LogP contribution in [-0.2, 0) is 10.3 Å². The fourth-order valence-electron chi connectivity index (χ4n) is 2.81. The van der Waals surface area contributed by atoms with Crippen molar-refractivity contribution in [3.05, 3.63) is 34.9 Å². The van der Waals surface area contributed by atoms with Crippen LogP contribution < -0.4 is 0 Å². The molecule has 0 N–H and O–H groups in total. The standard InChI is InChI=1S/C14H18ClNO/c1-16(2)14(10-6-5-9-13(14)17)11-7-3-4-8-12(11)15/h3-4,7-8H,5-6,9-10H2,1-2H3/t14-/m0/s1/i1-1. The predicted octanol–water partition coefficient (Wildman–Crippen LogP) is 3.24. The fraction of sp³-hybridized carbons (Fsp3) is 0.500. The Hall–Kier alpha value is -0.860. The Labute approximate surface area is 108 Å². The largest absolute Gasteiger partial charge is 0.297 e. The van der Waals surface area contributed by atoms with Crippen molar-refractivity contribution in [2.45, 2.75) is 31.2 Å². The monoisotopic (exact) mass is 250 g/mol. The molecule has 1 aromatic carbocycles. The molecular formula is C14H18ClNO. The molecule has 0 bridgehead atoms. The highest BCUT2D eigenvalue weighted by atomic mass is 35.5. The van der Waals surface area contributed by atoms with Crippen LogP contribution in [0.5, 0.6) is 0 Å². The molecule has 2 rings (SSSR count). The lowest BCUT2D eigenvalue weighted by Gasteiger charge is -2.42. The number of benzene rings is 1. The highest BCUT2D eigenvalue weighted by molar-refractivity contribution is 6.31. The summed E-state index contributed by atoms with van der Waals surface area (Å²) in [5, 5.41) is 0.691. The lowest BCUT2D eigenvalue weighted by atomic mass is 9.73. The van der Waals surface area contributed by atoms with Gasteiger partial charge in [-0.2, -0.15) is 0 Å². The van der Waals surface area contributed by atoms with Crippen molar-refractivity contribution < 1.29 is 4.79 Å². The van der Waals surface area contributed by atoms with E-state index in [0.717, 1.165) is 24.8 Å². The quantitative estimate of drug-likeness (QED) is 0.803. The van der Waals surface area contributed by atoms with Crippen molar-refractivity contribution >= 4 is 17.4 Å². The molecule has 1 fully saturated rings. The Morgan fingerprint density at radius 1 is 1.24 bits per heavy atom. The summed E-state index contributed by atoms with van der Waals surface area (Å²) in [6.45, 7) is 0. The first kappa shape index (κ1) is 12.6. The molecule has 0 unspecified atom stereocenters. The van der Waals surface area contributed by atoms with Gasteiger partial charge in [-0.1, -0.05) is 36.2 Å². The van der Waals surface area contributed by atoms with E-state index in [1.165, 1.54) is 0 Å². The Balaban J connectivity index is 2.55. The summed E-state index contributed by atoms with van der Waals surface area (Å²) in [5.41, 5.74) is 0.438. The molecular weight excluding hydrogens is 233 g/mol. The molecule has 0 aliphatic heterocycles. The maximum atomic E-state index is 12.4. The summed E-state index contributed by atoms with van der Waals surface area (Å²) in [6, 6.07) is 7.70. The van der Waals surface area contributed by atoms with Gasteiger partial charge in [-0.25, -0.2) is 0 Å². The van der Waals surface area contributed by atoms with Crippen LogP contribution in [0.3, 0.4) is 0 Å². The van der Waals surface area contributed by atoms with Gasteiger partial charge in [0.25, 0.3) is 0 Å². The number of ketones is 1. The van der Waals surface area contributed by atoms with Crippen LogP contribution in [0.1, 0.15) is 31.2 Å². The number of halogens is 1. The summed E-state index contributed by atoms with van der Waals surface area (Å²) >= 11 is 6.28. The van der Waals surface area contributed by atoms with Crippen LogP contribution in [0.4, 0.5) is 0 Å². The number of rotatable bonds is 2. The van der Waals surface area contributed by atoms with Crippen molar-refractivity contribution in [2.24, 2.45) is 0 Å². The van der Waals surface area contributed by atoms with Gasteiger partial charge in [0, 0.05) is 11.4 Å². The van der Waals surface area contributed by atoms with Crippen molar-refractivity contribution in [1.82, 2.24) is 4.90 Å². The number of hydrogen-bond donors (Lipinski definition) is 0. The van der Waals surface area contributed by atoms with E-state index in [1.54, 1.807) is 0 Å². The van der Waals surface area contributed by atoms with E-state index in [2.05, 4.69) is 0 Å². The summed E-state index contributed by atoms with van der Waals surface area (Å²) in [4.78, 5) is 14.4. The SMILES string of the molecule is CN([11CH3])[C@]1(c2ccccc2Cl)CCCCC1=O. The molecule has 0 heterocycles. The third kappa shape index (κ3) is 2.00. The highest BCUT2D eigenvalue weighted by Gasteiger charge is 2.44. The lowest BCUT2D eigenvalue weighted by Crippen LogP contribution is -2.50. The molecule has 1 aliphatic carbocycles. The molecule has 1 aliphatic rings. The number of carbonyl (C=O) groups excluding carboxylic acids is 1. The fourth-order valence-corrected chi connectivity index (χ4v) is 3.10. The predicted molar refractivity (Wildman–Crippen MR) is 70.3 cm³/mol. The van der Waals surface area contributed by atoms with Crippen LogP contribution in [0, 0.1) is 0 Å². The van der Waals surface area contributed by atoms with Gasteiger partial charge in [0.2, 0.25) is 0 Å². The molecule has 0 radical (unpaired) electrons. The van der Waals surface area contributed by atoms with Gasteiger partial charge in [0.05, 0.1) is 0 Å². The number of nitrogens with zero attached hydrogens (tertiary/aromatic N) is 1. The summed E-state index contributed by atoms with van der Waals surface area (Å²) in [7, 11) is 3.93. The van der Waals surface area contributed by atoms with E-state index in [-0.39, 0.29) is 0 Å². The van der Waals surface area contributed by atoms with Crippen LogP contribution in [-0.4, -0.2) is 24.8 Å². The van der Waals surface area contributed by atoms with E-state index in [9.17, 15) is 4.79 Å². The Kier molecular flexibility index (Phi) is 3.55. The van der Waals surface area contributed by atoms with E-state index in [1.807, 2.05) is 43.3 Å². The number of likely N-dealkylation sites (N-methyl/N-ethyl adjacent to an activating group) is 1. The molecule has 0 spiro atoms. The van der Waals surface area contributed by atoms with Gasteiger partial charge < -0.3 is 0 Å². The summed E-state index contributed by atoms with van der Waals surface area (Å²) in [5.74, 6) is 0.293. The summed E-state index contributed by atoms with van der Waals surface area (Å²) in [6.07, 6.45) is 3.60. The molecule has 0 aromatic heterocycles. The van der Waals surface area contributed by atoms with Crippen molar-refractivity contribution in [1.29, 1.82) is 0 Å². The molecule has 17 heavy (non-hydrogen) atoms. The minimum absolute atomic E-state index is 0.293. The number of Topliss-reactive ketones (excluding diaryl/α,β-unsaturated/α-hetero) is 1. The van der Waals surface area contributed by atoms with Crippen LogP contribution in [0.2, 0.25) is 5.02 Å². The number of hydrogen-bond acceptors (Lipinski definition) is 2. The van der Waals surface area contributed by atoms with Gasteiger partial charge in [0.15, 0.2) is 5.78 Å². The second-order valence-corrected chi connectivity index (χ2v) is 5.27. The molecule has 1 saturated carbocycles. The maximum absolute atomic E-state index is 12.4. The first-order chi connectivity index (χ1) is 8.09. The zero-order valence-electron chi connectivity index (χ0n) is 10.4. The average Bonchev–Trinajstić information content (AvgIpc) is 2.30. The smallest absolute Gasteiger partial charge is 0.157 e. The third-order valence-corrected chi connectivity index (χ3v) is 4.07. The van der Waals surface area contributed by atoms with Crippen LogP contribution in [0.25, 0.3) is 0 Å². The molecule has 0 saturated heterocycles. The minimum atomic E-state index is -0.517. The van der Waals surface area contributed by atoms with Crippen molar-refractivity contribution in [2.75, 3.05) is 14.1 Å². The zero-order valence-corrected chi connectivity index (χ0v) is 11.1. The van der Waals surface area contributed by atoms with E-state index in [4.69, 9.17) is 11.6 Å². The molecule has 2 nitrogen and oxygen atoms in total. The maximum Gasteiger partial charge on any atom is 0.157 e. The molecule has 92 valence electrons. The van der Waals surface area contributed by atoms with E-state index >= 15 is 0 Å². The van der Waals surface area contributed by atoms with Gasteiger partial charge in [0.1, 0.15) is 5.54 Å². The topological polar surface area (TPSA) is 20.3 Å². The second-order valence-electron chi connectivity index (χ2n) is 4.86. The normalized spacial score (nSPS) is 25.3. The van der Waals surface area contributed by atoms with E-state index in [0.29, 0.717) is 17.2 Å². The van der Waals surface area contributed by atoms with Gasteiger partial charge in [-0.15, -0.1) is 0 Å². The van der Waals surface area contributed by atoms with E-state index < -0.39 is 5.54 Å². The third-order valence-electron chi connectivity index (χ3n) is 3.74. The molecule has 1 aromatic rings. The lowest BCUT2D eigenvalue weighted by molar-refractivity contribution is -0.133. The van der Waals surface area contributed by atoms with Gasteiger partial charge >= 0.3 is 0 Å². The van der Waals surface area contributed by atoms with Crippen LogP contribution >= 0.6 is 11.6 Å². The van der Waals surface area contributed by atoms with Crippen molar-refractivity contribution in [3.63, 3.8) is 0 Å². The zero-order chi connectivity index (χ0) is 12.5. The Bertz CT molecular complexity index is 430. The number of carbonyl (C=O) groups is 1. The molecule has 3 heteroatoms. The molecule has 0 amide bonds. The first-order valence-corrected chi connectivity index (χ1v) is 6.42. The van der Waals surface area contributed by atoms with Gasteiger partial charge in [-0.3, -0.25) is 9.69 Å². The Morgan fingerprint density at radius 3 is 2.53 bits per heavy atom. The first-order valence-electron chi connectivity index (χ1n) is 6.05. The molecule has 1 atom stereocenters. The Morgan fingerprint density at radius 2 is 1.94 bits per heavy atom. The van der Waals surface area contributed by atoms with Crippen molar-refractivity contribution in [3.8, 4) is 0 Å². The van der Waals surface area contributed by atoms with Crippen LogP contribution in [0.15, 0.2) is 24.3 Å². The average molecular weight is 251 g/mol.